The average Bonchev–Trinajstić information content (AvgIpc) is 3.53. The van der Waals surface area contributed by atoms with Crippen LogP contribution in [-0.2, 0) is 24.7 Å². The molecule has 5 heterocycles. The number of aryl methyl sites for hydroxylation is 2. The highest BCUT2D eigenvalue weighted by Gasteiger charge is 2.31. The van der Waals surface area contributed by atoms with Crippen LogP contribution in [0.5, 0.6) is 0 Å². The number of amidine groups is 1. The van der Waals surface area contributed by atoms with Crippen molar-refractivity contribution in [2.75, 3.05) is 44.2 Å². The third kappa shape index (κ3) is 7.17. The number of carbonyl (C=O) groups is 2. The zero-order valence-electron chi connectivity index (χ0n) is 26.3. The Labute approximate surface area is 271 Å². The number of nitrogens with one attached hydrogen (secondary N) is 2. The van der Waals surface area contributed by atoms with Gasteiger partial charge in [0.25, 0.3) is 6.43 Å². The molecule has 1 aromatic carbocycles. The summed E-state index contributed by atoms with van der Waals surface area (Å²) in [5, 5.41) is 26.3. The third-order valence-corrected chi connectivity index (χ3v) is 9.27. The Bertz CT molecular complexity index is 1670. The lowest BCUT2D eigenvalue weighted by Gasteiger charge is -2.38. The summed E-state index contributed by atoms with van der Waals surface area (Å²) in [4.78, 5) is 37.0. The number of carboxylic acids is 1. The molecule has 3 aliphatic rings. The van der Waals surface area contributed by atoms with Crippen LogP contribution in [0.4, 0.5) is 14.5 Å². The molecule has 1 saturated heterocycles. The summed E-state index contributed by atoms with van der Waals surface area (Å²) in [5.41, 5.74) is 4.27. The van der Waals surface area contributed by atoms with Crippen LogP contribution in [0, 0.1) is 5.41 Å². The van der Waals surface area contributed by atoms with Gasteiger partial charge in [-0.2, -0.15) is 5.10 Å². The number of likely N-dealkylation sites (tertiary alicyclic amines) is 1. The van der Waals surface area contributed by atoms with Crippen LogP contribution in [0.15, 0.2) is 48.2 Å². The van der Waals surface area contributed by atoms with Crippen molar-refractivity contribution >= 4 is 23.9 Å². The fourth-order valence-corrected chi connectivity index (χ4v) is 6.69. The topological polar surface area (TPSA) is 144 Å². The maximum absolute atomic E-state index is 14.4. The molecule has 1 fully saturated rings. The van der Waals surface area contributed by atoms with Crippen LogP contribution in [0.2, 0.25) is 0 Å². The van der Waals surface area contributed by atoms with Gasteiger partial charge in [-0.05, 0) is 48.9 Å². The zero-order valence-corrected chi connectivity index (χ0v) is 26.3. The number of nitrogens with zero attached hydrogens (tertiary/aromatic N) is 7. The molecule has 3 aromatic rings. The summed E-state index contributed by atoms with van der Waals surface area (Å²) in [5.74, 6) is -0.201. The van der Waals surface area contributed by atoms with Crippen LogP contribution >= 0.6 is 0 Å². The number of halogens is 2. The highest BCUT2D eigenvalue weighted by molar-refractivity contribution is 6.09. The van der Waals surface area contributed by atoms with E-state index in [0.717, 1.165) is 68.6 Å². The van der Waals surface area contributed by atoms with Crippen LogP contribution in [0.1, 0.15) is 59.4 Å². The van der Waals surface area contributed by atoms with E-state index in [-0.39, 0.29) is 29.5 Å². The number of rotatable bonds is 10. The van der Waals surface area contributed by atoms with Crippen molar-refractivity contribution in [2.45, 2.75) is 51.0 Å². The first-order valence-corrected chi connectivity index (χ1v) is 15.9. The van der Waals surface area contributed by atoms with E-state index < -0.39 is 12.4 Å². The van der Waals surface area contributed by atoms with Crippen LogP contribution in [-0.4, -0.2) is 98.2 Å². The first kappa shape index (κ1) is 32.2. The second-order valence-electron chi connectivity index (χ2n) is 12.4. The van der Waals surface area contributed by atoms with E-state index in [4.69, 9.17) is 5.11 Å². The number of alkyl halides is 2. The second-order valence-corrected chi connectivity index (χ2v) is 12.4. The van der Waals surface area contributed by atoms with Crippen molar-refractivity contribution in [1.29, 1.82) is 5.41 Å². The van der Waals surface area contributed by atoms with Gasteiger partial charge in [-0.3, -0.25) is 14.9 Å². The minimum atomic E-state index is -2.69. The Kier molecular flexibility index (Phi) is 9.57. The molecule has 6 rings (SSSR count). The number of aromatic nitrogens is 4. The molecule has 0 bridgehead atoms. The molecule has 14 heteroatoms. The van der Waals surface area contributed by atoms with Crippen molar-refractivity contribution in [3.63, 3.8) is 0 Å². The lowest BCUT2D eigenvalue weighted by atomic mass is 9.92. The van der Waals surface area contributed by atoms with Crippen molar-refractivity contribution in [1.82, 2.24) is 34.9 Å². The van der Waals surface area contributed by atoms with Gasteiger partial charge >= 0.3 is 5.97 Å². The quantitative estimate of drug-likeness (QED) is 0.171. The van der Waals surface area contributed by atoms with Crippen molar-refractivity contribution in [2.24, 2.45) is 7.05 Å². The normalized spacial score (nSPS) is 17.6. The van der Waals surface area contributed by atoms with E-state index in [1.54, 1.807) is 29.0 Å². The molecule has 3 aliphatic heterocycles. The smallest absolute Gasteiger partial charge is 0.338 e. The zero-order chi connectivity index (χ0) is 33.1. The minimum Gasteiger partial charge on any atom is -0.478 e. The predicted octanol–water partition coefficient (Wildman–Crippen LogP) is 3.66. The molecule has 12 nitrogen and oxygen atoms in total. The molecule has 248 valence electrons. The van der Waals surface area contributed by atoms with E-state index >= 15 is 0 Å². The van der Waals surface area contributed by atoms with Gasteiger partial charge in [0.2, 0.25) is 6.41 Å². The van der Waals surface area contributed by atoms with Crippen LogP contribution < -0.4 is 10.2 Å². The monoisotopic (exact) mass is 647 g/mol. The lowest BCUT2D eigenvalue weighted by Crippen LogP contribution is -2.47. The lowest BCUT2D eigenvalue weighted by molar-refractivity contribution is -0.117. The van der Waals surface area contributed by atoms with Gasteiger partial charge in [0.15, 0.2) is 0 Å². The Hall–Kier alpha value is -4.72. The van der Waals surface area contributed by atoms with Gasteiger partial charge in [0.1, 0.15) is 11.7 Å². The van der Waals surface area contributed by atoms with Gasteiger partial charge in [-0.1, -0.05) is 0 Å². The fraction of sp³-hybridized carbons (Fsp3) is 0.455. The summed E-state index contributed by atoms with van der Waals surface area (Å²) in [6.07, 6.45) is 8.59. The number of carboxylic acid groups (broad SMARTS) is 1. The Morgan fingerprint density at radius 3 is 2.55 bits per heavy atom. The van der Waals surface area contributed by atoms with E-state index in [0.29, 0.717) is 48.6 Å². The third-order valence-electron chi connectivity index (χ3n) is 9.27. The fourth-order valence-electron chi connectivity index (χ4n) is 6.69. The van der Waals surface area contributed by atoms with Gasteiger partial charge in [0.05, 0.1) is 18.3 Å². The number of fused-ring (bicyclic) bond motifs is 1. The number of carbonyl (C=O) groups excluding carboxylic acids is 1. The van der Waals surface area contributed by atoms with Crippen molar-refractivity contribution in [3.8, 4) is 11.1 Å². The predicted molar refractivity (Wildman–Crippen MR) is 172 cm³/mol. The minimum absolute atomic E-state index is 0.0683. The molecular formula is C33H39F2N9O3. The molecule has 0 unspecified atom stereocenters. The summed E-state index contributed by atoms with van der Waals surface area (Å²) in [7, 11) is 1.75. The average molecular weight is 648 g/mol. The largest absolute Gasteiger partial charge is 0.478 e. The van der Waals surface area contributed by atoms with E-state index in [9.17, 15) is 23.8 Å². The van der Waals surface area contributed by atoms with E-state index in [1.165, 1.54) is 18.5 Å². The van der Waals surface area contributed by atoms with Gasteiger partial charge < -0.3 is 25.1 Å². The molecule has 0 radical (unpaired) electrons. The summed E-state index contributed by atoms with van der Waals surface area (Å²) in [6.45, 7) is 3.85. The molecular weight excluding hydrogens is 608 g/mol. The number of amides is 1. The number of benzene rings is 1. The number of piperidine rings is 1. The molecule has 0 saturated carbocycles. The van der Waals surface area contributed by atoms with Crippen LogP contribution in [0.3, 0.4) is 0 Å². The molecule has 2 aromatic heterocycles. The highest BCUT2D eigenvalue weighted by Crippen LogP contribution is 2.39. The molecule has 3 N–H and O–H groups in total. The second kappa shape index (κ2) is 14.0. The first-order chi connectivity index (χ1) is 22.7. The number of aromatic carboxylic acids is 1. The van der Waals surface area contributed by atoms with Gasteiger partial charge in [0, 0.05) is 105 Å². The maximum Gasteiger partial charge on any atom is 0.338 e. The summed E-state index contributed by atoms with van der Waals surface area (Å²) >= 11 is 0. The first-order valence-electron chi connectivity index (χ1n) is 15.9. The SMILES string of the molecule is Cn1cc(-c2cc3c(cc2C(F)F)N(C(=N)C2=C(NC4CCN(CCc5ncc(C(=O)O)cn5)CC4)CCN(C=O)C2)CCC3)cn1. The molecule has 0 spiro atoms. The maximum atomic E-state index is 14.4. The highest BCUT2D eigenvalue weighted by atomic mass is 19.3. The standard InChI is InChI=1S/C33H39F2N9O3/c1-41-18-23(17-39-41)25-13-21-3-2-8-44(29(21)14-26(25)31(34)35)32(36)27-19-43(20-45)11-6-28(27)40-24-4-9-42(10-5-24)12-7-30-37-15-22(16-38-30)33(46)47/h13-18,20,24,31,36,40H,2-12,19H2,1H3,(H,46,47). The molecule has 1 amide bonds. The number of hydrogen-bond acceptors (Lipinski definition) is 8. The van der Waals surface area contributed by atoms with E-state index in [2.05, 4.69) is 25.3 Å². The van der Waals surface area contributed by atoms with Gasteiger partial charge in [-0.25, -0.2) is 23.5 Å². The van der Waals surface area contributed by atoms with Gasteiger partial charge in [-0.15, -0.1) is 0 Å². The molecule has 0 aliphatic carbocycles. The summed E-state index contributed by atoms with van der Waals surface area (Å²) in [6, 6.07) is 3.55. The molecule has 47 heavy (non-hydrogen) atoms. The van der Waals surface area contributed by atoms with E-state index in [1.807, 2.05) is 11.0 Å². The van der Waals surface area contributed by atoms with Crippen molar-refractivity contribution in [3.05, 3.63) is 70.7 Å². The number of anilines is 1. The van der Waals surface area contributed by atoms with Crippen LogP contribution in [0.25, 0.3) is 11.1 Å². The Morgan fingerprint density at radius 1 is 1.13 bits per heavy atom. The Balaban J connectivity index is 1.16. The Morgan fingerprint density at radius 2 is 1.89 bits per heavy atom. The summed E-state index contributed by atoms with van der Waals surface area (Å²) < 4.78 is 30.4. The number of hydrogen-bond donors (Lipinski definition) is 3. The van der Waals surface area contributed by atoms with Crippen molar-refractivity contribution < 1.29 is 23.5 Å². The molecule has 0 atom stereocenters.